The van der Waals surface area contributed by atoms with Gasteiger partial charge in [0.2, 0.25) is 11.8 Å². The minimum atomic E-state index is -0.270. The van der Waals surface area contributed by atoms with E-state index in [-0.39, 0.29) is 11.8 Å². The number of carbonyl (C=O) groups is 1. The molecule has 2 heterocycles. The molecule has 112 valence electrons. The van der Waals surface area contributed by atoms with Gasteiger partial charge in [-0.1, -0.05) is 19.0 Å². The SMILES string of the molecule is CC(C)c1nc(CN(C)[C@@H]2CCN(CC(N)=O)C2)no1. The lowest BCUT2D eigenvalue weighted by atomic mass is 10.2. The average Bonchev–Trinajstić information content (AvgIpc) is 2.97. The predicted octanol–water partition coefficient (Wildman–Crippen LogP) is 0.184. The van der Waals surface area contributed by atoms with E-state index in [1.165, 1.54) is 0 Å². The zero-order chi connectivity index (χ0) is 14.7. The van der Waals surface area contributed by atoms with Crippen LogP contribution in [0.4, 0.5) is 0 Å². The van der Waals surface area contributed by atoms with Gasteiger partial charge in [-0.15, -0.1) is 0 Å². The standard InChI is InChI=1S/C13H23N5O2/c1-9(2)13-15-12(16-20-13)8-17(3)10-4-5-18(6-10)7-11(14)19/h9-10H,4-8H2,1-3H3,(H2,14,19)/t10-/m1/s1. The Morgan fingerprint density at radius 3 is 2.95 bits per heavy atom. The second-order valence-electron chi connectivity index (χ2n) is 5.76. The number of likely N-dealkylation sites (N-methyl/N-ethyl adjacent to an activating group) is 1. The third-order valence-corrected chi connectivity index (χ3v) is 3.62. The number of hydrogen-bond acceptors (Lipinski definition) is 6. The molecular formula is C13H23N5O2. The fraction of sp³-hybridized carbons (Fsp3) is 0.769. The lowest BCUT2D eigenvalue weighted by molar-refractivity contribution is -0.118. The number of amides is 1. The van der Waals surface area contributed by atoms with E-state index in [4.69, 9.17) is 10.3 Å². The Morgan fingerprint density at radius 2 is 2.35 bits per heavy atom. The Kier molecular flexibility index (Phi) is 4.72. The molecule has 2 N–H and O–H groups in total. The zero-order valence-corrected chi connectivity index (χ0v) is 12.4. The highest BCUT2D eigenvalue weighted by atomic mass is 16.5. The summed E-state index contributed by atoms with van der Waals surface area (Å²) in [6, 6.07) is 0.398. The van der Waals surface area contributed by atoms with Crippen LogP contribution in [0.1, 0.15) is 37.9 Å². The van der Waals surface area contributed by atoms with Crippen LogP contribution < -0.4 is 5.73 Å². The van der Waals surface area contributed by atoms with Crippen molar-refractivity contribution in [2.75, 3.05) is 26.7 Å². The molecule has 0 bridgehead atoms. The monoisotopic (exact) mass is 281 g/mol. The van der Waals surface area contributed by atoms with Crippen LogP contribution in [-0.2, 0) is 11.3 Å². The summed E-state index contributed by atoms with van der Waals surface area (Å²) in [5.41, 5.74) is 5.22. The molecule has 7 nitrogen and oxygen atoms in total. The first kappa shape index (κ1) is 14.9. The molecule has 1 aliphatic heterocycles. The van der Waals surface area contributed by atoms with E-state index in [0.29, 0.717) is 30.8 Å². The van der Waals surface area contributed by atoms with Gasteiger partial charge in [0.1, 0.15) is 0 Å². The largest absolute Gasteiger partial charge is 0.369 e. The van der Waals surface area contributed by atoms with Gasteiger partial charge in [0.05, 0.1) is 13.1 Å². The van der Waals surface area contributed by atoms with E-state index in [0.717, 1.165) is 19.5 Å². The van der Waals surface area contributed by atoms with Crippen molar-refractivity contribution >= 4 is 5.91 Å². The van der Waals surface area contributed by atoms with Gasteiger partial charge in [-0.05, 0) is 13.5 Å². The summed E-state index contributed by atoms with van der Waals surface area (Å²) in [6.07, 6.45) is 1.03. The first-order valence-electron chi connectivity index (χ1n) is 6.99. The number of hydrogen-bond donors (Lipinski definition) is 1. The van der Waals surface area contributed by atoms with Gasteiger partial charge in [0, 0.05) is 25.0 Å². The smallest absolute Gasteiger partial charge is 0.231 e. The predicted molar refractivity (Wildman–Crippen MR) is 73.9 cm³/mol. The molecule has 20 heavy (non-hydrogen) atoms. The summed E-state index contributed by atoms with van der Waals surface area (Å²) < 4.78 is 5.20. The van der Waals surface area contributed by atoms with Gasteiger partial charge in [-0.2, -0.15) is 4.98 Å². The lowest BCUT2D eigenvalue weighted by Gasteiger charge is -2.22. The van der Waals surface area contributed by atoms with Crippen LogP contribution in [-0.4, -0.2) is 58.6 Å². The summed E-state index contributed by atoms with van der Waals surface area (Å²) in [5.74, 6) is 1.37. The second kappa shape index (κ2) is 6.32. The molecule has 1 saturated heterocycles. The molecule has 1 amide bonds. The third kappa shape index (κ3) is 3.77. The number of carbonyl (C=O) groups excluding carboxylic acids is 1. The zero-order valence-electron chi connectivity index (χ0n) is 12.4. The van der Waals surface area contributed by atoms with E-state index in [9.17, 15) is 4.79 Å². The normalized spacial score (nSPS) is 20.1. The molecule has 0 radical (unpaired) electrons. The van der Waals surface area contributed by atoms with Gasteiger partial charge >= 0.3 is 0 Å². The summed E-state index contributed by atoms with van der Waals surface area (Å²) in [7, 11) is 2.05. The second-order valence-corrected chi connectivity index (χ2v) is 5.76. The minimum absolute atomic E-state index is 0.249. The molecule has 1 aromatic rings. The first-order chi connectivity index (χ1) is 9.45. The van der Waals surface area contributed by atoms with Gasteiger partial charge in [0.25, 0.3) is 0 Å². The van der Waals surface area contributed by atoms with Crippen molar-refractivity contribution in [2.24, 2.45) is 5.73 Å². The van der Waals surface area contributed by atoms with Crippen molar-refractivity contribution < 1.29 is 9.32 Å². The lowest BCUT2D eigenvalue weighted by Crippen LogP contribution is -2.37. The van der Waals surface area contributed by atoms with Crippen LogP contribution in [0.2, 0.25) is 0 Å². The molecule has 1 fully saturated rings. The maximum absolute atomic E-state index is 10.9. The Labute approximate surface area is 119 Å². The van der Waals surface area contributed by atoms with Crippen molar-refractivity contribution in [1.29, 1.82) is 0 Å². The number of aromatic nitrogens is 2. The van der Waals surface area contributed by atoms with E-state index in [2.05, 4.69) is 19.9 Å². The van der Waals surface area contributed by atoms with E-state index in [1.807, 2.05) is 20.9 Å². The molecule has 0 unspecified atom stereocenters. The Bertz CT molecular complexity index is 459. The Morgan fingerprint density at radius 1 is 1.60 bits per heavy atom. The van der Waals surface area contributed by atoms with Crippen LogP contribution in [0, 0.1) is 0 Å². The molecular weight excluding hydrogens is 258 g/mol. The van der Waals surface area contributed by atoms with Crippen LogP contribution in [0.3, 0.4) is 0 Å². The maximum Gasteiger partial charge on any atom is 0.231 e. The first-order valence-corrected chi connectivity index (χ1v) is 6.99. The fourth-order valence-corrected chi connectivity index (χ4v) is 2.45. The fourth-order valence-electron chi connectivity index (χ4n) is 2.45. The van der Waals surface area contributed by atoms with Crippen molar-refractivity contribution in [3.05, 3.63) is 11.7 Å². The van der Waals surface area contributed by atoms with Gasteiger partial charge < -0.3 is 10.3 Å². The summed E-state index contributed by atoms with van der Waals surface area (Å²) in [4.78, 5) is 19.6. The molecule has 7 heteroatoms. The molecule has 1 aliphatic rings. The quantitative estimate of drug-likeness (QED) is 0.800. The molecule has 0 spiro atoms. The van der Waals surface area contributed by atoms with Crippen molar-refractivity contribution in [3.63, 3.8) is 0 Å². The van der Waals surface area contributed by atoms with Crippen LogP contribution >= 0.6 is 0 Å². The van der Waals surface area contributed by atoms with Gasteiger partial charge in [0.15, 0.2) is 5.82 Å². The highest BCUT2D eigenvalue weighted by Gasteiger charge is 2.27. The Hall–Kier alpha value is -1.47. The summed E-state index contributed by atoms with van der Waals surface area (Å²) in [5, 5.41) is 4.00. The molecule has 1 aromatic heterocycles. The van der Waals surface area contributed by atoms with Crippen molar-refractivity contribution in [2.45, 2.75) is 38.8 Å². The molecule has 1 atom stereocenters. The van der Waals surface area contributed by atoms with E-state index in [1.54, 1.807) is 0 Å². The Balaban J connectivity index is 1.85. The van der Waals surface area contributed by atoms with Gasteiger partial charge in [-0.3, -0.25) is 14.6 Å². The summed E-state index contributed by atoms with van der Waals surface area (Å²) >= 11 is 0. The van der Waals surface area contributed by atoms with Crippen molar-refractivity contribution in [3.8, 4) is 0 Å². The molecule has 0 aliphatic carbocycles. The number of primary amides is 1. The molecule has 2 rings (SSSR count). The van der Waals surface area contributed by atoms with Crippen LogP contribution in [0.15, 0.2) is 4.52 Å². The van der Waals surface area contributed by atoms with Crippen LogP contribution in [0.25, 0.3) is 0 Å². The summed E-state index contributed by atoms with van der Waals surface area (Å²) in [6.45, 7) is 6.81. The topological polar surface area (TPSA) is 88.5 Å². The number of nitrogens with two attached hydrogens (primary N) is 1. The minimum Gasteiger partial charge on any atom is -0.369 e. The van der Waals surface area contributed by atoms with E-state index >= 15 is 0 Å². The maximum atomic E-state index is 10.9. The molecule has 0 aromatic carbocycles. The molecule has 0 saturated carbocycles. The number of rotatable bonds is 6. The van der Waals surface area contributed by atoms with Crippen LogP contribution in [0.5, 0.6) is 0 Å². The highest BCUT2D eigenvalue weighted by molar-refractivity contribution is 5.75. The van der Waals surface area contributed by atoms with Crippen molar-refractivity contribution in [1.82, 2.24) is 19.9 Å². The number of nitrogens with zero attached hydrogens (tertiary/aromatic N) is 4. The average molecular weight is 281 g/mol. The third-order valence-electron chi connectivity index (χ3n) is 3.62. The van der Waals surface area contributed by atoms with Gasteiger partial charge in [-0.25, -0.2) is 0 Å². The highest BCUT2D eigenvalue weighted by Crippen LogP contribution is 2.17. The number of likely N-dealkylation sites (tertiary alicyclic amines) is 1. The van der Waals surface area contributed by atoms with E-state index < -0.39 is 0 Å².